The molecular formula is C17H19NO3S. The molecule has 0 saturated carbocycles. The molecule has 5 heteroatoms. The number of hydrogen-bond donors (Lipinski definition) is 1. The molecule has 0 aliphatic rings. The molecule has 0 aromatic heterocycles. The van der Waals surface area contributed by atoms with E-state index in [0.717, 1.165) is 5.56 Å². The highest BCUT2D eigenvalue weighted by atomic mass is 32.2. The van der Waals surface area contributed by atoms with Gasteiger partial charge >= 0.3 is 0 Å². The van der Waals surface area contributed by atoms with E-state index in [2.05, 4.69) is 11.9 Å². The van der Waals surface area contributed by atoms with Gasteiger partial charge in [-0.3, -0.25) is 0 Å². The predicted octanol–water partition coefficient (Wildman–Crippen LogP) is 4.14. The molecule has 0 unspecified atom stereocenters. The fourth-order valence-corrected chi connectivity index (χ4v) is 3.11. The minimum Gasteiger partial charge on any atom is -0.455 e. The third kappa shape index (κ3) is 3.31. The molecule has 22 heavy (non-hydrogen) atoms. The molecule has 0 aliphatic heterocycles. The number of rotatable bonds is 6. The zero-order valence-electron chi connectivity index (χ0n) is 12.7. The third-order valence-corrected chi connectivity index (χ3v) is 5.03. The second-order valence-electron chi connectivity index (χ2n) is 4.75. The van der Waals surface area contributed by atoms with E-state index in [1.54, 1.807) is 25.1 Å². The molecule has 0 amide bonds. The zero-order chi connectivity index (χ0) is 16.2. The lowest BCUT2D eigenvalue weighted by Crippen LogP contribution is -2.07. The Kier molecular flexibility index (Phi) is 4.88. The van der Waals surface area contributed by atoms with Crippen LogP contribution in [-0.2, 0) is 9.84 Å². The first-order valence-electron chi connectivity index (χ1n) is 6.96. The number of anilines is 1. The summed E-state index contributed by atoms with van der Waals surface area (Å²) >= 11 is 0. The van der Waals surface area contributed by atoms with Gasteiger partial charge in [0.05, 0.1) is 10.6 Å². The van der Waals surface area contributed by atoms with Crippen LogP contribution in [-0.4, -0.2) is 14.2 Å². The number of benzene rings is 2. The van der Waals surface area contributed by atoms with Crippen molar-refractivity contribution in [3.63, 3.8) is 0 Å². The van der Waals surface area contributed by atoms with Gasteiger partial charge in [-0.2, -0.15) is 0 Å². The largest absolute Gasteiger partial charge is 0.455 e. The van der Waals surface area contributed by atoms with Gasteiger partial charge in [0.15, 0.2) is 15.6 Å². The highest BCUT2D eigenvalue weighted by Gasteiger charge is 2.20. The molecule has 0 fully saturated rings. The molecule has 2 aromatic carbocycles. The van der Waals surface area contributed by atoms with E-state index in [9.17, 15) is 8.42 Å². The highest BCUT2D eigenvalue weighted by Crippen LogP contribution is 2.36. The Morgan fingerprint density at radius 3 is 2.45 bits per heavy atom. The van der Waals surface area contributed by atoms with Gasteiger partial charge in [-0.25, -0.2) is 8.42 Å². The first-order chi connectivity index (χ1) is 10.5. The van der Waals surface area contributed by atoms with Gasteiger partial charge in [0.2, 0.25) is 0 Å². The van der Waals surface area contributed by atoms with Gasteiger partial charge in [-0.1, -0.05) is 37.8 Å². The Hall–Kier alpha value is -2.27. The molecule has 0 spiro atoms. The molecule has 4 nitrogen and oxygen atoms in total. The molecular weight excluding hydrogens is 298 g/mol. The molecule has 1 N–H and O–H groups in total. The molecule has 0 atom stereocenters. The Bertz CT molecular complexity index is 782. The number of para-hydroxylation sites is 2. The second-order valence-corrected chi connectivity index (χ2v) is 7.00. The number of ether oxygens (including phenoxy) is 1. The van der Waals surface area contributed by atoms with Crippen LogP contribution in [0, 0.1) is 6.92 Å². The van der Waals surface area contributed by atoms with E-state index in [0.29, 0.717) is 17.2 Å². The summed E-state index contributed by atoms with van der Waals surface area (Å²) in [5.41, 5.74) is 1.37. The standard InChI is InChI=1S/C17H19NO3S/c1-4-18-17-15(21-14-10-7-6-9-13(14)3)11-8-12-16(17)22(19,20)5-2/h4,6-12,18H,1,5H2,2-3H3. The van der Waals surface area contributed by atoms with Gasteiger partial charge in [-0.15, -0.1) is 0 Å². The van der Waals surface area contributed by atoms with Crippen LogP contribution in [0.3, 0.4) is 0 Å². The van der Waals surface area contributed by atoms with Crippen LogP contribution < -0.4 is 10.1 Å². The Labute approximate surface area is 131 Å². The molecule has 0 radical (unpaired) electrons. The van der Waals surface area contributed by atoms with E-state index < -0.39 is 9.84 Å². The van der Waals surface area contributed by atoms with Gasteiger partial charge in [0.25, 0.3) is 0 Å². The number of aryl methyl sites for hydroxylation is 1. The minimum absolute atomic E-state index is 0.0205. The van der Waals surface area contributed by atoms with Crippen molar-refractivity contribution in [1.82, 2.24) is 0 Å². The molecule has 0 saturated heterocycles. The maximum atomic E-state index is 12.2. The summed E-state index contributed by atoms with van der Waals surface area (Å²) in [5.74, 6) is 1.15. The average Bonchev–Trinajstić information content (AvgIpc) is 2.51. The summed E-state index contributed by atoms with van der Waals surface area (Å²) in [4.78, 5) is 0.209. The van der Waals surface area contributed by atoms with E-state index in [1.807, 2.05) is 31.2 Å². The molecule has 116 valence electrons. The van der Waals surface area contributed by atoms with Crippen molar-refractivity contribution in [2.45, 2.75) is 18.7 Å². The maximum Gasteiger partial charge on any atom is 0.180 e. The summed E-state index contributed by atoms with van der Waals surface area (Å²) in [6.07, 6.45) is 1.44. The molecule has 0 bridgehead atoms. The lowest BCUT2D eigenvalue weighted by Gasteiger charge is -2.16. The number of nitrogens with one attached hydrogen (secondary N) is 1. The van der Waals surface area contributed by atoms with E-state index in [1.165, 1.54) is 6.20 Å². The fraction of sp³-hybridized carbons (Fsp3) is 0.176. The van der Waals surface area contributed by atoms with Crippen LogP contribution >= 0.6 is 0 Å². The third-order valence-electron chi connectivity index (χ3n) is 3.26. The molecule has 0 aliphatic carbocycles. The summed E-state index contributed by atoms with van der Waals surface area (Å²) < 4.78 is 30.4. The topological polar surface area (TPSA) is 55.4 Å². The summed E-state index contributed by atoms with van der Waals surface area (Å²) in [5, 5.41) is 2.88. The van der Waals surface area contributed by atoms with E-state index in [4.69, 9.17) is 4.74 Å². The van der Waals surface area contributed by atoms with Crippen molar-refractivity contribution in [2.24, 2.45) is 0 Å². The van der Waals surface area contributed by atoms with Gasteiger partial charge in [0.1, 0.15) is 11.4 Å². The normalized spacial score (nSPS) is 11.0. The monoisotopic (exact) mass is 317 g/mol. The first kappa shape index (κ1) is 16.1. The molecule has 0 heterocycles. The maximum absolute atomic E-state index is 12.2. The van der Waals surface area contributed by atoms with Crippen LogP contribution in [0.5, 0.6) is 11.5 Å². The van der Waals surface area contributed by atoms with Gasteiger partial charge in [-0.05, 0) is 36.9 Å². The van der Waals surface area contributed by atoms with Crippen molar-refractivity contribution < 1.29 is 13.2 Å². The predicted molar refractivity (Wildman–Crippen MR) is 89.2 cm³/mol. The summed E-state index contributed by atoms with van der Waals surface area (Å²) in [6.45, 7) is 7.16. The molecule has 2 rings (SSSR count). The van der Waals surface area contributed by atoms with E-state index in [-0.39, 0.29) is 10.6 Å². The fourth-order valence-electron chi connectivity index (χ4n) is 2.04. The van der Waals surface area contributed by atoms with Crippen LogP contribution in [0.1, 0.15) is 12.5 Å². The minimum atomic E-state index is -3.37. The van der Waals surface area contributed by atoms with Crippen LogP contribution in [0.25, 0.3) is 0 Å². The van der Waals surface area contributed by atoms with Gasteiger partial charge in [0, 0.05) is 0 Å². The van der Waals surface area contributed by atoms with Crippen molar-refractivity contribution >= 4 is 15.5 Å². The highest BCUT2D eigenvalue weighted by molar-refractivity contribution is 7.91. The number of hydrogen-bond acceptors (Lipinski definition) is 4. The van der Waals surface area contributed by atoms with Crippen LogP contribution in [0.2, 0.25) is 0 Å². The summed E-state index contributed by atoms with van der Waals surface area (Å²) in [7, 11) is -3.37. The van der Waals surface area contributed by atoms with Crippen molar-refractivity contribution in [3.8, 4) is 11.5 Å². The lowest BCUT2D eigenvalue weighted by atomic mass is 10.2. The smallest absolute Gasteiger partial charge is 0.180 e. The van der Waals surface area contributed by atoms with Gasteiger partial charge < -0.3 is 10.1 Å². The lowest BCUT2D eigenvalue weighted by molar-refractivity contribution is 0.479. The molecule has 2 aromatic rings. The summed E-state index contributed by atoms with van der Waals surface area (Å²) in [6, 6.07) is 12.5. The first-order valence-corrected chi connectivity index (χ1v) is 8.61. The Balaban J connectivity index is 2.55. The zero-order valence-corrected chi connectivity index (χ0v) is 13.5. The van der Waals surface area contributed by atoms with Crippen LogP contribution in [0.15, 0.2) is 60.1 Å². The van der Waals surface area contributed by atoms with Crippen molar-refractivity contribution in [1.29, 1.82) is 0 Å². The number of sulfone groups is 1. The Morgan fingerprint density at radius 1 is 1.14 bits per heavy atom. The van der Waals surface area contributed by atoms with Crippen molar-refractivity contribution in [3.05, 3.63) is 60.8 Å². The Morgan fingerprint density at radius 2 is 1.82 bits per heavy atom. The quantitative estimate of drug-likeness (QED) is 0.870. The average molecular weight is 317 g/mol. The SMILES string of the molecule is C=CNc1c(Oc2ccccc2C)cccc1S(=O)(=O)CC. The van der Waals surface area contributed by atoms with Crippen LogP contribution in [0.4, 0.5) is 5.69 Å². The second kappa shape index (κ2) is 6.66. The van der Waals surface area contributed by atoms with Crippen molar-refractivity contribution in [2.75, 3.05) is 11.1 Å². The van der Waals surface area contributed by atoms with E-state index >= 15 is 0 Å².